The Kier molecular flexibility index (Phi) is 7.79. The van der Waals surface area contributed by atoms with Crippen LogP contribution in [0.25, 0.3) is 0 Å². The molecular formula is C25H26ClN3O6S2. The van der Waals surface area contributed by atoms with Crippen LogP contribution in [0.2, 0.25) is 5.02 Å². The number of nitrogens with one attached hydrogen (secondary N) is 2. The highest BCUT2D eigenvalue weighted by Crippen LogP contribution is 2.29. The van der Waals surface area contributed by atoms with Crippen molar-refractivity contribution in [1.82, 2.24) is 4.31 Å². The highest BCUT2D eigenvalue weighted by molar-refractivity contribution is 7.92. The van der Waals surface area contributed by atoms with Gasteiger partial charge in [0.05, 0.1) is 33.2 Å². The number of anilines is 2. The van der Waals surface area contributed by atoms with E-state index in [1.165, 1.54) is 53.9 Å². The normalized spacial score (nSPS) is 14.4. The zero-order valence-electron chi connectivity index (χ0n) is 20.2. The molecule has 0 spiro atoms. The number of hydrogen-bond acceptors (Lipinski definition) is 6. The van der Waals surface area contributed by atoms with Crippen molar-refractivity contribution in [2.24, 2.45) is 0 Å². The zero-order chi connectivity index (χ0) is 26.8. The van der Waals surface area contributed by atoms with Gasteiger partial charge >= 0.3 is 0 Å². The van der Waals surface area contributed by atoms with Gasteiger partial charge in [0.25, 0.3) is 15.9 Å². The molecule has 0 unspecified atom stereocenters. The Morgan fingerprint density at radius 3 is 2.22 bits per heavy atom. The number of halogens is 1. The molecule has 196 valence electrons. The van der Waals surface area contributed by atoms with E-state index < -0.39 is 26.0 Å². The summed E-state index contributed by atoms with van der Waals surface area (Å²) < 4.78 is 60.7. The van der Waals surface area contributed by atoms with E-state index in [0.717, 1.165) is 18.4 Å². The van der Waals surface area contributed by atoms with Crippen LogP contribution in [0.5, 0.6) is 5.75 Å². The third kappa shape index (κ3) is 5.90. The predicted molar refractivity (Wildman–Crippen MR) is 142 cm³/mol. The van der Waals surface area contributed by atoms with E-state index in [1.807, 2.05) is 6.92 Å². The summed E-state index contributed by atoms with van der Waals surface area (Å²) in [6, 6.07) is 14.7. The standard InChI is InChI=1S/C25H26ClN3O6S2/c1-17-5-12-24(35-2)23(15-17)28-36(31,32)19-8-6-18(7-9-19)27-25(30)21-16-20(10-11-22(21)26)37(33,34)29-13-3-4-14-29/h5-12,15-16,28H,3-4,13-14H2,1-2H3,(H,27,30). The maximum Gasteiger partial charge on any atom is 0.262 e. The molecule has 0 aromatic heterocycles. The molecular weight excluding hydrogens is 538 g/mol. The minimum atomic E-state index is -3.93. The second-order valence-corrected chi connectivity index (χ2v) is 12.6. The zero-order valence-corrected chi connectivity index (χ0v) is 22.6. The van der Waals surface area contributed by atoms with Crippen LogP contribution in [0, 0.1) is 6.92 Å². The molecule has 9 nitrogen and oxygen atoms in total. The number of methoxy groups -OCH3 is 1. The summed E-state index contributed by atoms with van der Waals surface area (Å²) in [4.78, 5) is 12.9. The van der Waals surface area contributed by atoms with Gasteiger partial charge in [0, 0.05) is 18.8 Å². The Labute approximate surface area is 221 Å². The monoisotopic (exact) mass is 563 g/mol. The van der Waals surface area contributed by atoms with E-state index in [-0.39, 0.29) is 20.4 Å². The van der Waals surface area contributed by atoms with Crippen molar-refractivity contribution >= 4 is 48.9 Å². The van der Waals surface area contributed by atoms with Gasteiger partial charge in [0.15, 0.2) is 0 Å². The van der Waals surface area contributed by atoms with Gasteiger partial charge in [-0.1, -0.05) is 17.7 Å². The van der Waals surface area contributed by atoms with Crippen LogP contribution in [-0.2, 0) is 20.0 Å². The van der Waals surface area contributed by atoms with Crippen LogP contribution in [0.3, 0.4) is 0 Å². The van der Waals surface area contributed by atoms with Gasteiger partial charge in [-0.15, -0.1) is 0 Å². The molecule has 0 saturated carbocycles. The summed E-state index contributed by atoms with van der Waals surface area (Å²) in [5.74, 6) is -0.245. The van der Waals surface area contributed by atoms with Gasteiger partial charge in [-0.3, -0.25) is 9.52 Å². The fourth-order valence-electron chi connectivity index (χ4n) is 3.94. The molecule has 1 aliphatic heterocycles. The van der Waals surface area contributed by atoms with Crippen molar-refractivity contribution in [1.29, 1.82) is 0 Å². The fourth-order valence-corrected chi connectivity index (χ4v) is 6.75. The minimum absolute atomic E-state index is 0.00755. The molecule has 1 saturated heterocycles. The Morgan fingerprint density at radius 2 is 1.57 bits per heavy atom. The highest BCUT2D eigenvalue weighted by atomic mass is 35.5. The number of carbonyl (C=O) groups is 1. The average molecular weight is 564 g/mol. The van der Waals surface area contributed by atoms with E-state index >= 15 is 0 Å². The Hall–Kier alpha value is -3.12. The van der Waals surface area contributed by atoms with Crippen LogP contribution < -0.4 is 14.8 Å². The van der Waals surface area contributed by atoms with Gasteiger partial charge in [0.2, 0.25) is 10.0 Å². The van der Waals surface area contributed by atoms with Gasteiger partial charge in [-0.25, -0.2) is 16.8 Å². The maximum absolute atomic E-state index is 12.9. The van der Waals surface area contributed by atoms with Crippen molar-refractivity contribution in [3.63, 3.8) is 0 Å². The lowest BCUT2D eigenvalue weighted by atomic mass is 10.2. The molecule has 4 rings (SSSR count). The van der Waals surface area contributed by atoms with Crippen LogP contribution in [0.1, 0.15) is 28.8 Å². The summed E-state index contributed by atoms with van der Waals surface area (Å²) >= 11 is 6.20. The van der Waals surface area contributed by atoms with E-state index in [2.05, 4.69) is 10.0 Å². The average Bonchev–Trinajstić information content (AvgIpc) is 3.40. The second kappa shape index (κ2) is 10.7. The third-order valence-corrected chi connectivity index (χ3v) is 9.51. The lowest BCUT2D eigenvalue weighted by Crippen LogP contribution is -2.28. The van der Waals surface area contributed by atoms with Crippen molar-refractivity contribution < 1.29 is 26.4 Å². The molecule has 1 heterocycles. The minimum Gasteiger partial charge on any atom is -0.495 e. The topological polar surface area (TPSA) is 122 Å². The van der Waals surface area contributed by atoms with Crippen LogP contribution in [0.4, 0.5) is 11.4 Å². The van der Waals surface area contributed by atoms with Gasteiger partial charge in [0.1, 0.15) is 5.75 Å². The lowest BCUT2D eigenvalue weighted by Gasteiger charge is -2.16. The first-order valence-electron chi connectivity index (χ1n) is 11.4. The molecule has 1 aliphatic rings. The number of ether oxygens (including phenoxy) is 1. The predicted octanol–water partition coefficient (Wildman–Crippen LogP) is 4.49. The SMILES string of the molecule is COc1ccc(C)cc1NS(=O)(=O)c1ccc(NC(=O)c2cc(S(=O)(=O)N3CCCC3)ccc2Cl)cc1. The summed E-state index contributed by atoms with van der Waals surface area (Å²) in [7, 11) is -6.21. The molecule has 0 aliphatic carbocycles. The van der Waals surface area contributed by atoms with Crippen LogP contribution in [0.15, 0.2) is 70.5 Å². The Bertz CT molecular complexity index is 1540. The van der Waals surface area contributed by atoms with E-state index in [0.29, 0.717) is 30.2 Å². The Morgan fingerprint density at radius 1 is 0.919 bits per heavy atom. The number of nitrogens with zero attached hydrogens (tertiary/aromatic N) is 1. The molecule has 37 heavy (non-hydrogen) atoms. The molecule has 0 bridgehead atoms. The van der Waals surface area contributed by atoms with Gasteiger partial charge in [-0.2, -0.15) is 4.31 Å². The molecule has 1 fully saturated rings. The first kappa shape index (κ1) is 26.9. The van der Waals surface area contributed by atoms with E-state index in [1.54, 1.807) is 18.2 Å². The van der Waals surface area contributed by atoms with Gasteiger partial charge in [-0.05, 0) is 79.9 Å². The highest BCUT2D eigenvalue weighted by Gasteiger charge is 2.28. The summed E-state index contributed by atoms with van der Waals surface area (Å²) in [6.07, 6.45) is 1.58. The molecule has 0 atom stereocenters. The third-order valence-electron chi connectivity index (χ3n) is 5.91. The maximum atomic E-state index is 12.9. The lowest BCUT2D eigenvalue weighted by molar-refractivity contribution is 0.102. The first-order valence-corrected chi connectivity index (χ1v) is 14.7. The van der Waals surface area contributed by atoms with Crippen molar-refractivity contribution in [3.05, 3.63) is 76.8 Å². The second-order valence-electron chi connectivity index (χ2n) is 8.54. The smallest absolute Gasteiger partial charge is 0.262 e. The Balaban J connectivity index is 1.52. The van der Waals surface area contributed by atoms with E-state index in [4.69, 9.17) is 16.3 Å². The van der Waals surface area contributed by atoms with Crippen LogP contribution in [-0.4, -0.2) is 47.2 Å². The molecule has 0 radical (unpaired) electrons. The van der Waals surface area contributed by atoms with Crippen molar-refractivity contribution in [2.75, 3.05) is 30.2 Å². The number of carbonyl (C=O) groups excluding carboxylic acids is 1. The summed E-state index contributed by atoms with van der Waals surface area (Å²) in [5, 5.41) is 2.73. The van der Waals surface area contributed by atoms with Crippen LogP contribution >= 0.6 is 11.6 Å². The van der Waals surface area contributed by atoms with Crippen molar-refractivity contribution in [2.45, 2.75) is 29.6 Å². The fraction of sp³-hybridized carbons (Fsp3) is 0.240. The number of rotatable bonds is 8. The largest absolute Gasteiger partial charge is 0.495 e. The molecule has 12 heteroatoms. The number of amides is 1. The first-order chi connectivity index (χ1) is 17.5. The summed E-state index contributed by atoms with van der Waals surface area (Å²) in [5.41, 5.74) is 1.46. The molecule has 2 N–H and O–H groups in total. The molecule has 3 aromatic carbocycles. The van der Waals surface area contributed by atoms with Crippen molar-refractivity contribution in [3.8, 4) is 5.75 Å². The number of hydrogen-bond donors (Lipinski definition) is 2. The number of benzene rings is 3. The molecule has 1 amide bonds. The quantitative estimate of drug-likeness (QED) is 0.416. The number of sulfonamides is 2. The molecule has 3 aromatic rings. The van der Waals surface area contributed by atoms with E-state index in [9.17, 15) is 21.6 Å². The van der Waals surface area contributed by atoms with Gasteiger partial charge < -0.3 is 10.1 Å². The number of aryl methyl sites for hydroxylation is 1. The summed E-state index contributed by atoms with van der Waals surface area (Å²) in [6.45, 7) is 2.71.